The number of ether oxygens (including phenoxy) is 1. The second kappa shape index (κ2) is 6.26. The molecule has 21 heavy (non-hydrogen) atoms. The Morgan fingerprint density at radius 1 is 1.24 bits per heavy atom. The van der Waals surface area contributed by atoms with Gasteiger partial charge in [0.05, 0.1) is 0 Å². The molecule has 1 aromatic carbocycles. The maximum absolute atomic E-state index is 11.8. The van der Waals surface area contributed by atoms with Crippen LogP contribution in [0.1, 0.15) is 21.6 Å². The summed E-state index contributed by atoms with van der Waals surface area (Å²) in [6, 6.07) is 9.17. The zero-order chi connectivity index (χ0) is 15.4. The standard InChI is InChI=1S/C16H18N2O3/c1-11-6-7-12(2)13(9-11)17-15(19)10-21-16(20)14-5-4-8-18(14)3/h4-9H,10H2,1-3H3,(H,17,19). The summed E-state index contributed by atoms with van der Waals surface area (Å²) in [5, 5.41) is 2.74. The predicted octanol–water partition coefficient (Wildman–Crippen LogP) is 2.44. The maximum atomic E-state index is 11.8. The van der Waals surface area contributed by atoms with Gasteiger partial charge >= 0.3 is 5.97 Å². The molecule has 1 N–H and O–H groups in total. The van der Waals surface area contributed by atoms with Gasteiger partial charge in [0, 0.05) is 18.9 Å². The van der Waals surface area contributed by atoms with E-state index >= 15 is 0 Å². The topological polar surface area (TPSA) is 60.3 Å². The Bertz CT molecular complexity index is 674. The normalized spacial score (nSPS) is 10.2. The summed E-state index contributed by atoms with van der Waals surface area (Å²) in [4.78, 5) is 23.6. The first-order valence-corrected chi connectivity index (χ1v) is 6.63. The second-order valence-electron chi connectivity index (χ2n) is 4.95. The number of hydrogen-bond donors (Lipinski definition) is 1. The minimum Gasteiger partial charge on any atom is -0.451 e. The van der Waals surface area contributed by atoms with Crippen molar-refractivity contribution in [2.45, 2.75) is 13.8 Å². The van der Waals surface area contributed by atoms with E-state index in [1.165, 1.54) is 0 Å². The summed E-state index contributed by atoms with van der Waals surface area (Å²) < 4.78 is 6.64. The number of aromatic nitrogens is 1. The predicted molar refractivity (Wildman–Crippen MR) is 80.2 cm³/mol. The van der Waals surface area contributed by atoms with Crippen LogP contribution in [-0.2, 0) is 16.6 Å². The summed E-state index contributed by atoms with van der Waals surface area (Å²) >= 11 is 0. The molecule has 5 heteroatoms. The van der Waals surface area contributed by atoms with Gasteiger partial charge in [-0.3, -0.25) is 4.79 Å². The van der Waals surface area contributed by atoms with Crippen molar-refractivity contribution >= 4 is 17.6 Å². The van der Waals surface area contributed by atoms with Crippen molar-refractivity contribution in [3.05, 3.63) is 53.3 Å². The minimum atomic E-state index is -0.515. The molecule has 0 atom stereocenters. The summed E-state index contributed by atoms with van der Waals surface area (Å²) in [6.45, 7) is 3.55. The number of amides is 1. The number of hydrogen-bond acceptors (Lipinski definition) is 3. The van der Waals surface area contributed by atoms with Gasteiger partial charge in [0.2, 0.25) is 0 Å². The first-order valence-electron chi connectivity index (χ1n) is 6.63. The number of benzene rings is 1. The Balaban J connectivity index is 1.92. The number of rotatable bonds is 4. The lowest BCUT2D eigenvalue weighted by molar-refractivity contribution is -0.119. The van der Waals surface area contributed by atoms with Crippen LogP contribution in [0.3, 0.4) is 0 Å². The highest BCUT2D eigenvalue weighted by atomic mass is 16.5. The Morgan fingerprint density at radius 3 is 2.67 bits per heavy atom. The number of esters is 1. The third-order valence-electron chi connectivity index (χ3n) is 3.15. The van der Waals surface area contributed by atoms with Crippen LogP contribution in [0.25, 0.3) is 0 Å². The molecule has 0 unspecified atom stereocenters. The molecule has 0 aliphatic heterocycles. The highest BCUT2D eigenvalue weighted by Crippen LogP contribution is 2.16. The highest BCUT2D eigenvalue weighted by Gasteiger charge is 2.13. The molecule has 0 aliphatic carbocycles. The molecule has 0 radical (unpaired) electrons. The average Bonchev–Trinajstić information content (AvgIpc) is 2.86. The Labute approximate surface area is 123 Å². The molecular weight excluding hydrogens is 268 g/mol. The Morgan fingerprint density at radius 2 is 2.00 bits per heavy atom. The molecule has 0 bridgehead atoms. The van der Waals surface area contributed by atoms with Gasteiger partial charge in [-0.25, -0.2) is 4.79 Å². The van der Waals surface area contributed by atoms with E-state index in [2.05, 4.69) is 5.32 Å². The first kappa shape index (κ1) is 14.8. The number of nitrogens with zero attached hydrogens (tertiary/aromatic N) is 1. The van der Waals surface area contributed by atoms with Crippen molar-refractivity contribution in [1.29, 1.82) is 0 Å². The lowest BCUT2D eigenvalue weighted by atomic mass is 10.1. The van der Waals surface area contributed by atoms with Crippen LogP contribution < -0.4 is 5.32 Å². The zero-order valence-corrected chi connectivity index (χ0v) is 12.3. The van der Waals surface area contributed by atoms with Crippen molar-refractivity contribution < 1.29 is 14.3 Å². The van der Waals surface area contributed by atoms with Gasteiger partial charge in [0.25, 0.3) is 5.91 Å². The third-order valence-corrected chi connectivity index (χ3v) is 3.15. The molecule has 0 saturated heterocycles. The summed E-state index contributed by atoms with van der Waals surface area (Å²) in [5.41, 5.74) is 3.16. The lowest BCUT2D eigenvalue weighted by Gasteiger charge is -2.10. The quantitative estimate of drug-likeness (QED) is 0.878. The van der Waals surface area contributed by atoms with Gasteiger partial charge in [-0.1, -0.05) is 12.1 Å². The highest BCUT2D eigenvalue weighted by molar-refractivity contribution is 5.95. The average molecular weight is 286 g/mol. The first-order chi connectivity index (χ1) is 9.97. The molecule has 2 aromatic rings. The fourth-order valence-electron chi connectivity index (χ4n) is 1.94. The fourth-order valence-corrected chi connectivity index (χ4v) is 1.94. The lowest BCUT2D eigenvalue weighted by Crippen LogP contribution is -2.22. The van der Waals surface area contributed by atoms with Crippen molar-refractivity contribution in [2.75, 3.05) is 11.9 Å². The molecular formula is C16H18N2O3. The number of anilines is 1. The molecule has 110 valence electrons. The van der Waals surface area contributed by atoms with E-state index in [9.17, 15) is 9.59 Å². The van der Waals surface area contributed by atoms with Crippen LogP contribution in [0.5, 0.6) is 0 Å². The molecule has 1 amide bonds. The molecule has 2 rings (SSSR count). The van der Waals surface area contributed by atoms with Crippen molar-refractivity contribution in [2.24, 2.45) is 7.05 Å². The van der Waals surface area contributed by atoms with Crippen molar-refractivity contribution in [3.63, 3.8) is 0 Å². The largest absolute Gasteiger partial charge is 0.451 e. The molecule has 0 spiro atoms. The van der Waals surface area contributed by atoms with Crippen LogP contribution in [-0.4, -0.2) is 23.1 Å². The third kappa shape index (κ3) is 3.72. The Kier molecular flexibility index (Phi) is 4.42. The molecule has 5 nitrogen and oxygen atoms in total. The van der Waals surface area contributed by atoms with Crippen LogP contribution in [0.15, 0.2) is 36.5 Å². The van der Waals surface area contributed by atoms with Gasteiger partial charge in [-0.05, 0) is 43.2 Å². The van der Waals surface area contributed by atoms with E-state index in [1.54, 1.807) is 29.9 Å². The minimum absolute atomic E-state index is 0.308. The molecule has 0 aliphatic rings. The SMILES string of the molecule is Cc1ccc(C)c(NC(=O)COC(=O)c2cccn2C)c1. The van der Waals surface area contributed by atoms with Gasteiger partial charge in [-0.15, -0.1) is 0 Å². The summed E-state index contributed by atoms with van der Waals surface area (Å²) in [6.07, 6.45) is 1.74. The molecule has 1 aromatic heterocycles. The number of aryl methyl sites for hydroxylation is 3. The smallest absolute Gasteiger partial charge is 0.355 e. The van der Waals surface area contributed by atoms with Crippen molar-refractivity contribution in [3.8, 4) is 0 Å². The van der Waals surface area contributed by atoms with E-state index in [0.717, 1.165) is 16.8 Å². The van der Waals surface area contributed by atoms with E-state index in [0.29, 0.717) is 5.69 Å². The van der Waals surface area contributed by atoms with Gasteiger partial charge < -0.3 is 14.6 Å². The van der Waals surface area contributed by atoms with Gasteiger partial charge in [-0.2, -0.15) is 0 Å². The maximum Gasteiger partial charge on any atom is 0.355 e. The Hall–Kier alpha value is -2.56. The second-order valence-corrected chi connectivity index (χ2v) is 4.95. The van der Waals surface area contributed by atoms with Crippen LogP contribution in [0.2, 0.25) is 0 Å². The van der Waals surface area contributed by atoms with E-state index in [1.807, 2.05) is 32.0 Å². The van der Waals surface area contributed by atoms with Crippen LogP contribution >= 0.6 is 0 Å². The fraction of sp³-hybridized carbons (Fsp3) is 0.250. The van der Waals surface area contributed by atoms with Crippen LogP contribution in [0, 0.1) is 13.8 Å². The van der Waals surface area contributed by atoms with E-state index in [4.69, 9.17) is 4.74 Å². The van der Waals surface area contributed by atoms with Crippen LogP contribution in [0.4, 0.5) is 5.69 Å². The zero-order valence-electron chi connectivity index (χ0n) is 12.3. The molecule has 0 fully saturated rings. The number of carbonyl (C=O) groups excluding carboxylic acids is 2. The molecule has 1 heterocycles. The monoisotopic (exact) mass is 286 g/mol. The summed E-state index contributed by atoms with van der Waals surface area (Å²) in [7, 11) is 1.74. The number of carbonyl (C=O) groups is 2. The summed E-state index contributed by atoms with van der Waals surface area (Å²) in [5.74, 6) is -0.870. The van der Waals surface area contributed by atoms with Gasteiger partial charge in [0.15, 0.2) is 6.61 Å². The molecule has 0 saturated carbocycles. The van der Waals surface area contributed by atoms with Gasteiger partial charge in [0.1, 0.15) is 5.69 Å². The number of nitrogens with one attached hydrogen (secondary N) is 1. The van der Waals surface area contributed by atoms with E-state index in [-0.39, 0.29) is 12.5 Å². The van der Waals surface area contributed by atoms with Crippen molar-refractivity contribution in [1.82, 2.24) is 4.57 Å². The van der Waals surface area contributed by atoms with E-state index < -0.39 is 5.97 Å².